The van der Waals surface area contributed by atoms with Gasteiger partial charge in [-0.2, -0.15) is 11.8 Å². The van der Waals surface area contributed by atoms with Crippen molar-refractivity contribution in [1.82, 2.24) is 0 Å². The number of halogens is 1. The molecule has 0 aliphatic carbocycles. The molecule has 0 fully saturated rings. The molecule has 1 heterocycles. The van der Waals surface area contributed by atoms with Gasteiger partial charge in [0.1, 0.15) is 0 Å². The minimum atomic E-state index is -0.300. The van der Waals surface area contributed by atoms with E-state index in [1.807, 2.05) is 23.9 Å². The minimum Gasteiger partial charge on any atom is -0.387 e. The van der Waals surface area contributed by atoms with Crippen LogP contribution in [0.3, 0.4) is 0 Å². The van der Waals surface area contributed by atoms with E-state index in [1.165, 1.54) is 5.56 Å². The Morgan fingerprint density at radius 1 is 1.57 bits per heavy atom. The molecule has 2 unspecified atom stereocenters. The normalized spacial score (nSPS) is 25.9. The summed E-state index contributed by atoms with van der Waals surface area (Å²) in [4.78, 5) is 0. The largest absolute Gasteiger partial charge is 0.387 e. The third-order valence-electron chi connectivity index (χ3n) is 2.63. The quantitative estimate of drug-likeness (QED) is 0.845. The molecule has 1 nitrogen and oxygen atoms in total. The summed E-state index contributed by atoms with van der Waals surface area (Å²) in [5.41, 5.74) is 2.38. The third-order valence-corrected chi connectivity index (χ3v) is 4.62. The van der Waals surface area contributed by atoms with Gasteiger partial charge in [-0.1, -0.05) is 28.9 Å². The molecule has 0 amide bonds. The molecule has 0 aromatic heterocycles. The predicted octanol–water partition coefficient (Wildman–Crippen LogP) is 3.51. The number of benzene rings is 1. The van der Waals surface area contributed by atoms with E-state index in [9.17, 15) is 5.11 Å². The summed E-state index contributed by atoms with van der Waals surface area (Å²) in [7, 11) is 0. The van der Waals surface area contributed by atoms with E-state index in [0.29, 0.717) is 5.25 Å². The van der Waals surface area contributed by atoms with Crippen molar-refractivity contribution in [2.45, 2.75) is 30.5 Å². The van der Waals surface area contributed by atoms with Crippen LogP contribution in [-0.4, -0.2) is 10.4 Å². The van der Waals surface area contributed by atoms with Crippen LogP contribution in [0, 0.1) is 0 Å². The SMILES string of the molecule is CCC1SCc2ccc(Br)cc2C1O. The molecule has 2 rings (SSSR count). The standard InChI is InChI=1S/C11H13BrOS/c1-2-10-11(13)9-5-8(12)4-3-7(9)6-14-10/h3-5,10-11,13H,2,6H2,1H3. The van der Waals surface area contributed by atoms with Gasteiger partial charge in [0.15, 0.2) is 0 Å². The number of aliphatic hydroxyl groups is 1. The Bertz CT molecular complexity index is 340. The van der Waals surface area contributed by atoms with Crippen molar-refractivity contribution in [3.63, 3.8) is 0 Å². The highest BCUT2D eigenvalue weighted by atomic mass is 79.9. The Labute approximate surface area is 97.0 Å². The summed E-state index contributed by atoms with van der Waals surface area (Å²) in [5, 5.41) is 10.5. The zero-order valence-corrected chi connectivity index (χ0v) is 10.4. The van der Waals surface area contributed by atoms with Crippen molar-refractivity contribution in [3.05, 3.63) is 33.8 Å². The minimum absolute atomic E-state index is 0.300. The van der Waals surface area contributed by atoms with Crippen LogP contribution in [0.4, 0.5) is 0 Å². The molecule has 0 saturated carbocycles. The summed E-state index contributed by atoms with van der Waals surface area (Å²) in [6, 6.07) is 6.18. The number of fused-ring (bicyclic) bond motifs is 1. The highest BCUT2D eigenvalue weighted by molar-refractivity contribution is 9.10. The first-order valence-electron chi connectivity index (χ1n) is 4.80. The highest BCUT2D eigenvalue weighted by Crippen LogP contribution is 2.39. The van der Waals surface area contributed by atoms with E-state index in [0.717, 1.165) is 22.2 Å². The molecule has 0 radical (unpaired) electrons. The van der Waals surface area contributed by atoms with Crippen LogP contribution < -0.4 is 0 Å². The molecule has 0 bridgehead atoms. The van der Waals surface area contributed by atoms with Gasteiger partial charge in [0.2, 0.25) is 0 Å². The Kier molecular flexibility index (Phi) is 3.20. The third kappa shape index (κ3) is 1.86. The van der Waals surface area contributed by atoms with Gasteiger partial charge in [-0.05, 0) is 29.7 Å². The van der Waals surface area contributed by atoms with E-state index >= 15 is 0 Å². The van der Waals surface area contributed by atoms with E-state index in [1.54, 1.807) is 0 Å². The van der Waals surface area contributed by atoms with Crippen molar-refractivity contribution in [2.24, 2.45) is 0 Å². The first-order chi connectivity index (χ1) is 6.72. The average molecular weight is 273 g/mol. The lowest BCUT2D eigenvalue weighted by Gasteiger charge is -2.29. The summed E-state index contributed by atoms with van der Waals surface area (Å²) in [6.07, 6.45) is 0.726. The first kappa shape index (κ1) is 10.5. The smallest absolute Gasteiger partial charge is 0.0911 e. The molecule has 2 atom stereocenters. The van der Waals surface area contributed by atoms with Crippen LogP contribution in [0.2, 0.25) is 0 Å². The maximum atomic E-state index is 10.1. The summed E-state index contributed by atoms with van der Waals surface area (Å²) < 4.78 is 1.05. The highest BCUT2D eigenvalue weighted by Gasteiger charge is 2.26. The number of thioether (sulfide) groups is 1. The molecule has 1 aliphatic heterocycles. The zero-order chi connectivity index (χ0) is 10.1. The van der Waals surface area contributed by atoms with Crippen LogP contribution >= 0.6 is 27.7 Å². The van der Waals surface area contributed by atoms with Gasteiger partial charge in [-0.15, -0.1) is 0 Å². The number of aliphatic hydroxyl groups excluding tert-OH is 1. The Hall–Kier alpha value is 0.01000. The number of hydrogen-bond acceptors (Lipinski definition) is 2. The topological polar surface area (TPSA) is 20.2 Å². The van der Waals surface area contributed by atoms with Crippen LogP contribution in [0.5, 0.6) is 0 Å². The maximum Gasteiger partial charge on any atom is 0.0911 e. The fourth-order valence-corrected chi connectivity index (χ4v) is 3.40. The van der Waals surface area contributed by atoms with Crippen molar-refractivity contribution >= 4 is 27.7 Å². The second-order valence-electron chi connectivity index (χ2n) is 3.55. The van der Waals surface area contributed by atoms with Crippen LogP contribution in [0.15, 0.2) is 22.7 Å². The molecular weight excluding hydrogens is 260 g/mol. The second kappa shape index (κ2) is 4.25. The van der Waals surface area contributed by atoms with E-state index < -0.39 is 0 Å². The molecule has 0 spiro atoms. The molecular formula is C11H13BrOS. The second-order valence-corrected chi connectivity index (χ2v) is 5.69. The molecule has 3 heteroatoms. The van der Waals surface area contributed by atoms with Crippen LogP contribution in [0.1, 0.15) is 30.6 Å². The van der Waals surface area contributed by atoms with Gasteiger partial charge in [0.05, 0.1) is 6.10 Å². The lowest BCUT2D eigenvalue weighted by atomic mass is 9.99. The van der Waals surface area contributed by atoms with E-state index in [4.69, 9.17) is 0 Å². The monoisotopic (exact) mass is 272 g/mol. The number of rotatable bonds is 1. The number of hydrogen-bond donors (Lipinski definition) is 1. The Balaban J connectivity index is 2.38. The molecule has 1 aliphatic rings. The van der Waals surface area contributed by atoms with Gasteiger partial charge in [0.25, 0.3) is 0 Å². The van der Waals surface area contributed by atoms with E-state index in [-0.39, 0.29) is 6.10 Å². The van der Waals surface area contributed by atoms with Gasteiger partial charge in [-0.3, -0.25) is 0 Å². The Morgan fingerprint density at radius 3 is 3.07 bits per heavy atom. The van der Waals surface area contributed by atoms with Gasteiger partial charge < -0.3 is 5.11 Å². The molecule has 76 valence electrons. The fourth-order valence-electron chi connectivity index (χ4n) is 1.80. The molecule has 14 heavy (non-hydrogen) atoms. The van der Waals surface area contributed by atoms with Crippen LogP contribution in [0.25, 0.3) is 0 Å². The summed E-state index contributed by atoms with van der Waals surface area (Å²) in [5.74, 6) is 1.03. The van der Waals surface area contributed by atoms with Gasteiger partial charge in [0, 0.05) is 15.5 Å². The van der Waals surface area contributed by atoms with E-state index in [2.05, 4.69) is 28.9 Å². The maximum absolute atomic E-state index is 10.1. The zero-order valence-electron chi connectivity index (χ0n) is 8.03. The summed E-state index contributed by atoms with van der Waals surface area (Å²) >= 11 is 5.30. The molecule has 0 saturated heterocycles. The summed E-state index contributed by atoms with van der Waals surface area (Å²) in [6.45, 7) is 2.13. The molecule has 1 aromatic carbocycles. The van der Waals surface area contributed by atoms with Crippen LogP contribution in [-0.2, 0) is 5.75 Å². The lowest BCUT2D eigenvalue weighted by molar-refractivity contribution is 0.170. The lowest BCUT2D eigenvalue weighted by Crippen LogP contribution is -2.20. The predicted molar refractivity (Wildman–Crippen MR) is 64.5 cm³/mol. The fraction of sp³-hybridized carbons (Fsp3) is 0.455. The van der Waals surface area contributed by atoms with Crippen molar-refractivity contribution in [3.8, 4) is 0 Å². The molecule has 1 N–H and O–H groups in total. The average Bonchev–Trinajstić information content (AvgIpc) is 2.20. The van der Waals surface area contributed by atoms with Crippen molar-refractivity contribution in [1.29, 1.82) is 0 Å². The van der Waals surface area contributed by atoms with Crippen molar-refractivity contribution in [2.75, 3.05) is 0 Å². The van der Waals surface area contributed by atoms with Crippen molar-refractivity contribution < 1.29 is 5.11 Å². The van der Waals surface area contributed by atoms with Gasteiger partial charge >= 0.3 is 0 Å². The molecule has 1 aromatic rings. The Morgan fingerprint density at radius 2 is 2.36 bits per heavy atom. The van der Waals surface area contributed by atoms with Gasteiger partial charge in [-0.25, -0.2) is 0 Å². The first-order valence-corrected chi connectivity index (χ1v) is 6.64.